The normalized spacial score (nSPS) is 11.1. The number of rotatable bonds is 3. The van der Waals surface area contributed by atoms with E-state index in [1.165, 1.54) is 0 Å². The van der Waals surface area contributed by atoms with Gasteiger partial charge >= 0.3 is 0 Å². The van der Waals surface area contributed by atoms with Crippen LogP contribution in [-0.4, -0.2) is 29.1 Å². The van der Waals surface area contributed by atoms with E-state index in [9.17, 15) is 0 Å². The van der Waals surface area contributed by atoms with Gasteiger partial charge in [0.1, 0.15) is 0 Å². The van der Waals surface area contributed by atoms with Crippen molar-refractivity contribution in [3.05, 3.63) is 54.5 Å². The molecule has 0 atom stereocenters. The first-order valence-electron chi connectivity index (χ1n) is 7.63. The molecule has 0 radical (unpaired) electrons. The van der Waals surface area contributed by atoms with E-state index in [4.69, 9.17) is 0 Å². The van der Waals surface area contributed by atoms with Crippen LogP contribution in [0.2, 0.25) is 0 Å². The van der Waals surface area contributed by atoms with Crippen LogP contribution in [0.15, 0.2) is 43.2 Å². The van der Waals surface area contributed by atoms with Crippen molar-refractivity contribution in [2.45, 2.75) is 13.8 Å². The molecule has 0 bridgehead atoms. The first-order valence-corrected chi connectivity index (χ1v) is 7.63. The van der Waals surface area contributed by atoms with E-state index in [0.717, 1.165) is 33.8 Å². The summed E-state index contributed by atoms with van der Waals surface area (Å²) in [5.41, 5.74) is 5.79. The van der Waals surface area contributed by atoms with Gasteiger partial charge in [-0.15, -0.1) is 0 Å². The number of aryl methyl sites for hydroxylation is 3. The molecule has 0 spiro atoms. The molecule has 0 saturated carbocycles. The minimum atomic E-state index is 0.692. The third-order valence-corrected chi connectivity index (χ3v) is 4.03. The molecule has 4 aromatic rings. The zero-order valence-corrected chi connectivity index (χ0v) is 13.7. The second-order valence-corrected chi connectivity index (χ2v) is 5.77. The molecule has 4 heterocycles. The average Bonchev–Trinajstić information content (AvgIpc) is 3.17. The number of pyridine rings is 1. The Bertz CT molecular complexity index is 1030. The zero-order chi connectivity index (χ0) is 16.7. The second kappa shape index (κ2) is 5.45. The van der Waals surface area contributed by atoms with Crippen molar-refractivity contribution in [1.82, 2.24) is 29.1 Å². The molecule has 0 amide bonds. The Kier molecular flexibility index (Phi) is 3.26. The van der Waals surface area contributed by atoms with Gasteiger partial charge in [-0.25, -0.2) is 9.97 Å². The first kappa shape index (κ1) is 14.4. The van der Waals surface area contributed by atoms with Crippen molar-refractivity contribution in [2.75, 3.05) is 5.32 Å². The number of imidazole rings is 1. The number of aromatic nitrogens is 6. The predicted octanol–water partition coefficient (Wildman–Crippen LogP) is 2.89. The second-order valence-electron chi connectivity index (χ2n) is 5.77. The molecule has 0 aliphatic heterocycles. The molecule has 0 aromatic carbocycles. The summed E-state index contributed by atoms with van der Waals surface area (Å²) in [7, 11) is 1.90. The fraction of sp³-hybridized carbons (Fsp3) is 0.176. The van der Waals surface area contributed by atoms with Crippen molar-refractivity contribution in [3.63, 3.8) is 0 Å². The Morgan fingerprint density at radius 1 is 1.04 bits per heavy atom. The molecule has 0 aliphatic rings. The Hall–Kier alpha value is -3.22. The Morgan fingerprint density at radius 3 is 2.67 bits per heavy atom. The van der Waals surface area contributed by atoms with Crippen molar-refractivity contribution in [2.24, 2.45) is 7.05 Å². The van der Waals surface area contributed by atoms with Gasteiger partial charge in [0.05, 0.1) is 30.0 Å². The summed E-state index contributed by atoms with van der Waals surface area (Å²) < 4.78 is 3.77. The van der Waals surface area contributed by atoms with Crippen LogP contribution in [0.3, 0.4) is 0 Å². The topological polar surface area (TPSA) is 72.9 Å². The quantitative estimate of drug-likeness (QED) is 0.628. The summed E-state index contributed by atoms with van der Waals surface area (Å²) in [4.78, 5) is 13.3. The van der Waals surface area contributed by atoms with Crippen LogP contribution in [0.25, 0.3) is 16.9 Å². The summed E-state index contributed by atoms with van der Waals surface area (Å²) in [6.07, 6.45) is 11.1. The predicted molar refractivity (Wildman–Crippen MR) is 92.2 cm³/mol. The highest BCUT2D eigenvalue weighted by Gasteiger charge is 2.12. The van der Waals surface area contributed by atoms with Gasteiger partial charge in [-0.2, -0.15) is 5.10 Å². The van der Waals surface area contributed by atoms with Crippen LogP contribution < -0.4 is 5.32 Å². The number of nitrogens with one attached hydrogen (secondary N) is 1. The Morgan fingerprint density at radius 2 is 1.92 bits per heavy atom. The molecule has 1 N–H and O–H groups in total. The lowest BCUT2D eigenvalue weighted by atomic mass is 10.2. The van der Waals surface area contributed by atoms with E-state index >= 15 is 0 Å². The van der Waals surface area contributed by atoms with Gasteiger partial charge in [0.2, 0.25) is 0 Å². The number of nitrogens with zero attached hydrogens (tertiary/aromatic N) is 6. The summed E-state index contributed by atoms with van der Waals surface area (Å²) in [5, 5.41) is 7.53. The zero-order valence-electron chi connectivity index (χ0n) is 13.7. The molecule has 24 heavy (non-hydrogen) atoms. The number of hydrogen-bond acceptors (Lipinski definition) is 5. The molecule has 7 heteroatoms. The molecular weight excluding hydrogens is 302 g/mol. The average molecular weight is 319 g/mol. The maximum Gasteiger partial charge on any atom is 0.180 e. The fourth-order valence-corrected chi connectivity index (χ4v) is 2.62. The molecule has 0 fully saturated rings. The van der Waals surface area contributed by atoms with E-state index in [0.29, 0.717) is 5.82 Å². The molecule has 4 aromatic heterocycles. The first-order chi connectivity index (χ1) is 11.6. The van der Waals surface area contributed by atoms with E-state index in [1.807, 2.05) is 50.1 Å². The highest BCUT2D eigenvalue weighted by Crippen LogP contribution is 2.25. The van der Waals surface area contributed by atoms with Gasteiger partial charge in [0, 0.05) is 36.9 Å². The molecule has 120 valence electrons. The van der Waals surface area contributed by atoms with Crippen LogP contribution in [0.4, 0.5) is 11.5 Å². The van der Waals surface area contributed by atoms with Crippen molar-refractivity contribution in [3.8, 4) is 11.3 Å². The van der Waals surface area contributed by atoms with Crippen LogP contribution in [0, 0.1) is 13.8 Å². The molecule has 0 aliphatic carbocycles. The molecular formula is C17H17N7. The smallest absolute Gasteiger partial charge is 0.180 e. The number of fused-ring (bicyclic) bond motifs is 1. The Balaban J connectivity index is 1.77. The molecule has 0 saturated heterocycles. The van der Waals surface area contributed by atoms with Crippen molar-refractivity contribution >= 4 is 17.2 Å². The third kappa shape index (κ3) is 2.40. The lowest BCUT2D eigenvalue weighted by Crippen LogP contribution is -2.00. The molecule has 4 rings (SSSR count). The standard InChI is InChI=1S/C17H17N7/c1-11-6-14(8-19-12(11)2)22-16-17-20-9-15(24(17)5-4-18-16)13-7-21-23(3)10-13/h4-10H,1-3H3,(H,18,22). The van der Waals surface area contributed by atoms with Crippen LogP contribution >= 0.6 is 0 Å². The Labute approximate surface area is 139 Å². The van der Waals surface area contributed by atoms with Gasteiger partial charge in [-0.1, -0.05) is 0 Å². The van der Waals surface area contributed by atoms with Crippen LogP contribution in [0.5, 0.6) is 0 Å². The van der Waals surface area contributed by atoms with Gasteiger partial charge in [-0.3, -0.25) is 14.1 Å². The van der Waals surface area contributed by atoms with E-state index < -0.39 is 0 Å². The van der Waals surface area contributed by atoms with E-state index in [-0.39, 0.29) is 0 Å². The number of hydrogen-bond donors (Lipinski definition) is 1. The minimum Gasteiger partial charge on any atom is -0.336 e. The largest absolute Gasteiger partial charge is 0.336 e. The summed E-state index contributed by atoms with van der Waals surface area (Å²) >= 11 is 0. The van der Waals surface area contributed by atoms with Gasteiger partial charge < -0.3 is 5.32 Å². The van der Waals surface area contributed by atoms with Gasteiger partial charge in [-0.05, 0) is 25.5 Å². The summed E-state index contributed by atoms with van der Waals surface area (Å²) in [6.45, 7) is 4.03. The minimum absolute atomic E-state index is 0.692. The van der Waals surface area contributed by atoms with E-state index in [1.54, 1.807) is 17.1 Å². The number of anilines is 2. The van der Waals surface area contributed by atoms with Crippen LogP contribution in [-0.2, 0) is 7.05 Å². The third-order valence-electron chi connectivity index (χ3n) is 4.03. The van der Waals surface area contributed by atoms with Crippen molar-refractivity contribution < 1.29 is 0 Å². The maximum absolute atomic E-state index is 4.52. The monoisotopic (exact) mass is 319 g/mol. The molecule has 0 unspecified atom stereocenters. The van der Waals surface area contributed by atoms with Gasteiger partial charge in [0.15, 0.2) is 11.5 Å². The maximum atomic E-state index is 4.52. The highest BCUT2D eigenvalue weighted by molar-refractivity contribution is 5.73. The van der Waals surface area contributed by atoms with Crippen LogP contribution in [0.1, 0.15) is 11.3 Å². The lowest BCUT2D eigenvalue weighted by molar-refractivity contribution is 0.768. The highest BCUT2D eigenvalue weighted by atomic mass is 15.2. The fourth-order valence-electron chi connectivity index (χ4n) is 2.62. The van der Waals surface area contributed by atoms with E-state index in [2.05, 4.69) is 31.4 Å². The summed E-state index contributed by atoms with van der Waals surface area (Å²) in [5.74, 6) is 0.692. The van der Waals surface area contributed by atoms with Gasteiger partial charge in [0.25, 0.3) is 0 Å². The SMILES string of the molecule is Cc1cc(Nc2nccn3c(-c4cnn(C)c4)cnc23)cnc1C. The lowest BCUT2D eigenvalue weighted by Gasteiger charge is -2.08. The summed E-state index contributed by atoms with van der Waals surface area (Å²) in [6, 6.07) is 2.05. The molecule has 7 nitrogen and oxygen atoms in total. The van der Waals surface area contributed by atoms with Crippen molar-refractivity contribution in [1.29, 1.82) is 0 Å².